The molecule has 0 radical (unpaired) electrons. The molecule has 1 aliphatic rings. The number of carbonyl (C=O) groups is 1. The highest BCUT2D eigenvalue weighted by molar-refractivity contribution is 6.36. The number of ether oxygens (including phenoxy) is 1. The molecule has 1 atom stereocenters. The van der Waals surface area contributed by atoms with Crippen LogP contribution in [0.15, 0.2) is 36.7 Å². The molecule has 7 nitrogen and oxygen atoms in total. The monoisotopic (exact) mass is 420 g/mol. The number of hydrogen-bond donors (Lipinski definition) is 1. The van der Waals surface area contributed by atoms with Crippen LogP contribution < -0.4 is 0 Å². The Morgan fingerprint density at radius 1 is 1.25 bits per heavy atom. The summed E-state index contributed by atoms with van der Waals surface area (Å²) in [5.74, 6) is 0. The Morgan fingerprint density at radius 3 is 2.64 bits per heavy atom. The number of nitrogens with zero attached hydrogens (tertiary/aromatic N) is 4. The number of aromatic nitrogens is 3. The molecule has 0 bridgehead atoms. The van der Waals surface area contributed by atoms with Crippen molar-refractivity contribution in [3.8, 4) is 5.69 Å². The van der Waals surface area contributed by atoms with E-state index in [1.165, 1.54) is 11.2 Å². The van der Waals surface area contributed by atoms with Gasteiger partial charge in [0.25, 0.3) is 0 Å². The van der Waals surface area contributed by atoms with Crippen molar-refractivity contribution in [3.63, 3.8) is 0 Å². The number of halogens is 2. The highest BCUT2D eigenvalue weighted by Crippen LogP contribution is 2.33. The second-order valence-electron chi connectivity index (χ2n) is 7.29. The Kier molecular flexibility index (Phi) is 4.69. The van der Waals surface area contributed by atoms with Gasteiger partial charge in [-0.15, -0.1) is 0 Å². The lowest BCUT2D eigenvalue weighted by Gasteiger charge is -2.42. The summed E-state index contributed by atoms with van der Waals surface area (Å²) in [6.45, 7) is 4.37. The van der Waals surface area contributed by atoms with E-state index in [1.807, 2.05) is 38.1 Å². The van der Waals surface area contributed by atoms with E-state index in [-0.39, 0.29) is 6.04 Å². The van der Waals surface area contributed by atoms with Crippen LogP contribution in [0.3, 0.4) is 0 Å². The Balaban J connectivity index is 1.69. The molecule has 1 amide bonds. The van der Waals surface area contributed by atoms with Gasteiger partial charge in [-0.05, 0) is 37.6 Å². The third kappa shape index (κ3) is 3.30. The Bertz CT molecular complexity index is 1050. The van der Waals surface area contributed by atoms with Crippen molar-refractivity contribution in [2.75, 3.05) is 13.2 Å². The smallest absolute Gasteiger partial charge is 0.407 e. The zero-order valence-electron chi connectivity index (χ0n) is 15.3. The van der Waals surface area contributed by atoms with Crippen molar-refractivity contribution in [2.45, 2.75) is 25.5 Å². The van der Waals surface area contributed by atoms with Crippen LogP contribution in [0.1, 0.15) is 25.5 Å². The number of rotatable bonds is 2. The minimum atomic E-state index is -0.962. The topological polar surface area (TPSA) is 80.5 Å². The lowest BCUT2D eigenvalue weighted by Crippen LogP contribution is -2.51. The molecule has 1 aromatic carbocycles. The maximum absolute atomic E-state index is 11.7. The molecule has 0 aliphatic carbocycles. The summed E-state index contributed by atoms with van der Waals surface area (Å²) in [5, 5.41) is 11.1. The van der Waals surface area contributed by atoms with Crippen LogP contribution >= 0.6 is 23.2 Å². The largest absolute Gasteiger partial charge is 0.465 e. The van der Waals surface area contributed by atoms with Crippen LogP contribution in [0.4, 0.5) is 4.79 Å². The number of amides is 1. The summed E-state index contributed by atoms with van der Waals surface area (Å²) >= 11 is 12.5. The van der Waals surface area contributed by atoms with Gasteiger partial charge in [0.05, 0.1) is 30.2 Å². The first-order valence-electron chi connectivity index (χ1n) is 8.68. The summed E-state index contributed by atoms with van der Waals surface area (Å²) in [6.07, 6.45) is 0.425. The number of morpholine rings is 1. The van der Waals surface area contributed by atoms with Gasteiger partial charge in [0.1, 0.15) is 16.6 Å². The number of fused-ring (bicyclic) bond motifs is 1. The van der Waals surface area contributed by atoms with E-state index in [0.717, 1.165) is 11.3 Å². The molecular formula is C19H18Cl2N4O3. The number of hydrogen-bond acceptors (Lipinski definition) is 4. The van der Waals surface area contributed by atoms with Gasteiger partial charge in [-0.25, -0.2) is 14.8 Å². The molecule has 3 heterocycles. The van der Waals surface area contributed by atoms with E-state index in [2.05, 4.69) is 9.97 Å². The summed E-state index contributed by atoms with van der Waals surface area (Å²) < 4.78 is 7.61. The molecule has 1 fully saturated rings. The average Bonchev–Trinajstić information content (AvgIpc) is 2.99. The van der Waals surface area contributed by atoms with E-state index in [1.54, 1.807) is 10.6 Å². The van der Waals surface area contributed by atoms with Gasteiger partial charge in [-0.1, -0.05) is 35.3 Å². The molecule has 1 aliphatic heterocycles. The predicted molar refractivity (Wildman–Crippen MR) is 106 cm³/mol. The highest BCUT2D eigenvalue weighted by Gasteiger charge is 2.37. The molecule has 1 unspecified atom stereocenters. The molecule has 146 valence electrons. The van der Waals surface area contributed by atoms with E-state index < -0.39 is 11.7 Å². The predicted octanol–water partition coefficient (Wildman–Crippen LogP) is 4.56. The van der Waals surface area contributed by atoms with Crippen molar-refractivity contribution < 1.29 is 14.6 Å². The average molecular weight is 421 g/mol. The molecule has 0 saturated carbocycles. The van der Waals surface area contributed by atoms with E-state index in [4.69, 9.17) is 27.9 Å². The highest BCUT2D eigenvalue weighted by atomic mass is 35.5. The van der Waals surface area contributed by atoms with Crippen LogP contribution in [0.5, 0.6) is 0 Å². The molecule has 1 N–H and O–H groups in total. The lowest BCUT2D eigenvalue weighted by atomic mass is 9.99. The summed E-state index contributed by atoms with van der Waals surface area (Å²) in [5.41, 5.74) is 1.73. The maximum Gasteiger partial charge on any atom is 0.407 e. The minimum absolute atomic E-state index is 0.300. The van der Waals surface area contributed by atoms with Crippen molar-refractivity contribution in [1.82, 2.24) is 19.4 Å². The van der Waals surface area contributed by atoms with Crippen LogP contribution in [-0.2, 0) is 4.74 Å². The van der Waals surface area contributed by atoms with E-state index >= 15 is 0 Å². The first kappa shape index (κ1) is 19.0. The zero-order chi connectivity index (χ0) is 20.1. The third-order valence-corrected chi connectivity index (χ3v) is 5.42. The molecule has 3 aromatic rings. The first-order valence-corrected chi connectivity index (χ1v) is 9.44. The van der Waals surface area contributed by atoms with Crippen molar-refractivity contribution in [2.24, 2.45) is 0 Å². The fourth-order valence-corrected chi connectivity index (χ4v) is 3.95. The minimum Gasteiger partial charge on any atom is -0.465 e. The van der Waals surface area contributed by atoms with E-state index in [9.17, 15) is 9.90 Å². The molecule has 2 aromatic heterocycles. The molecule has 9 heteroatoms. The lowest BCUT2D eigenvalue weighted by molar-refractivity contribution is -0.106. The first-order chi connectivity index (χ1) is 13.3. The van der Waals surface area contributed by atoms with Crippen LogP contribution in [0, 0.1) is 0 Å². The summed E-state index contributed by atoms with van der Waals surface area (Å²) in [6, 6.07) is 8.85. The standard InChI is InChI=1S/C19H18Cl2N4O3/c1-19(2)9-24(18(26)27)14(8-28-19)11-3-5-12(6-4-11)25-15(20)7-13-16(21)22-10-23-17(13)25/h3-7,10,14H,8-9H2,1-2H3,(H,26,27). The molecular weight excluding hydrogens is 403 g/mol. The van der Waals surface area contributed by atoms with Gasteiger partial charge in [-0.3, -0.25) is 9.47 Å². The van der Waals surface area contributed by atoms with Crippen molar-refractivity contribution in [3.05, 3.63) is 52.5 Å². The Hall–Kier alpha value is -2.35. The SMILES string of the molecule is CC1(C)CN(C(=O)O)C(c2ccc(-n3c(Cl)cc4c(Cl)ncnc43)cc2)CO1. The summed E-state index contributed by atoms with van der Waals surface area (Å²) in [7, 11) is 0. The Labute approximate surface area is 171 Å². The van der Waals surface area contributed by atoms with Crippen LogP contribution in [0.25, 0.3) is 16.7 Å². The fraction of sp³-hybridized carbons (Fsp3) is 0.316. The van der Waals surface area contributed by atoms with Gasteiger partial charge in [-0.2, -0.15) is 0 Å². The normalized spacial score (nSPS) is 19.1. The Morgan fingerprint density at radius 2 is 1.96 bits per heavy atom. The quantitative estimate of drug-likeness (QED) is 0.614. The third-order valence-electron chi connectivity index (χ3n) is 4.84. The van der Waals surface area contributed by atoms with Gasteiger partial charge in [0, 0.05) is 5.69 Å². The van der Waals surface area contributed by atoms with Gasteiger partial charge in [0.15, 0.2) is 5.65 Å². The number of benzene rings is 1. The van der Waals surface area contributed by atoms with Crippen molar-refractivity contribution in [1.29, 1.82) is 0 Å². The maximum atomic E-state index is 11.7. The molecule has 28 heavy (non-hydrogen) atoms. The second-order valence-corrected chi connectivity index (χ2v) is 8.04. The molecule has 0 spiro atoms. The van der Waals surface area contributed by atoms with Gasteiger partial charge in [0.2, 0.25) is 0 Å². The van der Waals surface area contributed by atoms with Gasteiger partial charge < -0.3 is 9.84 Å². The second kappa shape index (κ2) is 6.92. The summed E-state index contributed by atoms with van der Waals surface area (Å²) in [4.78, 5) is 21.4. The van der Waals surface area contributed by atoms with E-state index in [0.29, 0.717) is 34.5 Å². The molecule has 4 rings (SSSR count). The van der Waals surface area contributed by atoms with Crippen LogP contribution in [-0.4, -0.2) is 49.4 Å². The zero-order valence-corrected chi connectivity index (χ0v) is 16.8. The van der Waals surface area contributed by atoms with Crippen molar-refractivity contribution >= 4 is 40.3 Å². The molecule has 1 saturated heterocycles. The number of carboxylic acid groups (broad SMARTS) is 1. The van der Waals surface area contributed by atoms with Gasteiger partial charge >= 0.3 is 6.09 Å². The fourth-order valence-electron chi connectivity index (χ4n) is 3.48. The van der Waals surface area contributed by atoms with Crippen LogP contribution in [0.2, 0.25) is 10.3 Å².